The number of sulfonamides is 1. The van der Waals surface area contributed by atoms with Gasteiger partial charge in [-0.05, 0) is 31.5 Å². The van der Waals surface area contributed by atoms with E-state index in [4.69, 9.17) is 0 Å². The summed E-state index contributed by atoms with van der Waals surface area (Å²) in [6.07, 6.45) is 0.857. The van der Waals surface area contributed by atoms with Crippen LogP contribution in [0.15, 0.2) is 48.5 Å². The average Bonchev–Trinajstić information content (AvgIpc) is 2.72. The maximum Gasteiger partial charge on any atom is 0.244 e. The number of carbonyl (C=O) groups is 2. The highest BCUT2D eigenvalue weighted by Crippen LogP contribution is 2.21. The van der Waals surface area contributed by atoms with Crippen LogP contribution >= 0.6 is 0 Å². The molecule has 10 heteroatoms. The van der Waals surface area contributed by atoms with Gasteiger partial charge in [0.2, 0.25) is 21.8 Å². The summed E-state index contributed by atoms with van der Waals surface area (Å²) in [5.41, 5.74) is 0.547. The van der Waals surface area contributed by atoms with Crippen LogP contribution in [0.1, 0.15) is 19.4 Å². The van der Waals surface area contributed by atoms with E-state index in [-0.39, 0.29) is 12.2 Å². The van der Waals surface area contributed by atoms with Crippen molar-refractivity contribution in [2.24, 2.45) is 0 Å². The van der Waals surface area contributed by atoms with E-state index in [9.17, 15) is 26.8 Å². The third-order valence-electron chi connectivity index (χ3n) is 4.58. The van der Waals surface area contributed by atoms with Gasteiger partial charge in [0.05, 0.1) is 11.9 Å². The molecule has 2 aromatic carbocycles. The standard InChI is InChI=1S/C21H25F2N3O4S/c1-4-24-21(28)15(2)25(13-16-8-6-5-7-9-16)20(27)14-26(31(3,29)30)17-10-11-18(22)19(23)12-17/h5-12,15H,4,13-14H2,1-3H3,(H,24,28)/t15-/m0/s1. The minimum atomic E-state index is -4.01. The molecule has 0 unspecified atom stereocenters. The van der Waals surface area contributed by atoms with Gasteiger partial charge in [0.25, 0.3) is 0 Å². The van der Waals surface area contributed by atoms with Gasteiger partial charge < -0.3 is 10.2 Å². The molecule has 0 heterocycles. The van der Waals surface area contributed by atoms with E-state index in [1.807, 2.05) is 0 Å². The van der Waals surface area contributed by atoms with Crippen molar-refractivity contribution in [2.45, 2.75) is 26.4 Å². The number of halogens is 2. The Balaban J connectivity index is 2.38. The van der Waals surface area contributed by atoms with Crippen molar-refractivity contribution in [1.82, 2.24) is 10.2 Å². The van der Waals surface area contributed by atoms with Gasteiger partial charge >= 0.3 is 0 Å². The van der Waals surface area contributed by atoms with Gasteiger partial charge in [-0.3, -0.25) is 13.9 Å². The minimum absolute atomic E-state index is 0.0629. The molecule has 0 spiro atoms. The Kier molecular flexibility index (Phi) is 8.09. The molecule has 2 amide bonds. The Morgan fingerprint density at radius 3 is 2.26 bits per heavy atom. The zero-order chi connectivity index (χ0) is 23.2. The largest absolute Gasteiger partial charge is 0.355 e. The zero-order valence-electron chi connectivity index (χ0n) is 17.5. The zero-order valence-corrected chi connectivity index (χ0v) is 18.3. The van der Waals surface area contributed by atoms with Crippen molar-refractivity contribution in [3.63, 3.8) is 0 Å². The van der Waals surface area contributed by atoms with Crippen LogP contribution in [0.5, 0.6) is 0 Å². The molecule has 2 rings (SSSR count). The number of nitrogens with one attached hydrogen (secondary N) is 1. The molecule has 1 N–H and O–H groups in total. The van der Waals surface area contributed by atoms with Crippen LogP contribution in [0.2, 0.25) is 0 Å². The van der Waals surface area contributed by atoms with Gasteiger partial charge in [-0.2, -0.15) is 0 Å². The van der Waals surface area contributed by atoms with Crippen LogP contribution in [-0.4, -0.2) is 50.5 Å². The van der Waals surface area contributed by atoms with Crippen molar-refractivity contribution in [3.05, 3.63) is 65.7 Å². The fraction of sp³-hybridized carbons (Fsp3) is 0.333. The first-order valence-electron chi connectivity index (χ1n) is 9.58. The number of anilines is 1. The van der Waals surface area contributed by atoms with Crippen LogP contribution in [0.25, 0.3) is 0 Å². The smallest absolute Gasteiger partial charge is 0.244 e. The highest BCUT2D eigenvalue weighted by Gasteiger charge is 2.30. The Morgan fingerprint density at radius 2 is 1.71 bits per heavy atom. The van der Waals surface area contributed by atoms with E-state index >= 15 is 0 Å². The summed E-state index contributed by atoms with van der Waals surface area (Å²) >= 11 is 0. The first-order chi connectivity index (χ1) is 14.5. The molecule has 0 fully saturated rings. The lowest BCUT2D eigenvalue weighted by molar-refractivity contribution is -0.139. The summed E-state index contributed by atoms with van der Waals surface area (Å²) in [6.45, 7) is 3.02. The first kappa shape index (κ1) is 24.3. The van der Waals surface area contributed by atoms with E-state index in [0.717, 1.165) is 24.0 Å². The monoisotopic (exact) mass is 453 g/mol. The average molecular weight is 454 g/mol. The predicted molar refractivity (Wildman–Crippen MR) is 114 cm³/mol. The number of rotatable bonds is 9. The number of nitrogens with zero attached hydrogens (tertiary/aromatic N) is 2. The highest BCUT2D eigenvalue weighted by molar-refractivity contribution is 7.92. The lowest BCUT2D eigenvalue weighted by Crippen LogP contribution is -2.51. The van der Waals surface area contributed by atoms with E-state index in [1.165, 1.54) is 11.8 Å². The maximum absolute atomic E-state index is 13.7. The van der Waals surface area contributed by atoms with Crippen molar-refractivity contribution < 1.29 is 26.8 Å². The van der Waals surface area contributed by atoms with Gasteiger partial charge in [0.1, 0.15) is 12.6 Å². The molecule has 0 aliphatic heterocycles. The Bertz CT molecular complexity index is 1030. The highest BCUT2D eigenvalue weighted by atomic mass is 32.2. The number of hydrogen-bond donors (Lipinski definition) is 1. The number of amides is 2. The van der Waals surface area contributed by atoms with Gasteiger partial charge in [-0.25, -0.2) is 17.2 Å². The molecule has 0 aliphatic rings. The molecule has 2 aromatic rings. The van der Waals surface area contributed by atoms with Crippen molar-refractivity contribution >= 4 is 27.5 Å². The number of likely N-dealkylation sites (N-methyl/N-ethyl adjacent to an activating group) is 1. The fourth-order valence-corrected chi connectivity index (χ4v) is 3.78. The van der Waals surface area contributed by atoms with E-state index in [2.05, 4.69) is 5.32 Å². The molecule has 0 bridgehead atoms. The maximum atomic E-state index is 13.7. The second-order valence-electron chi connectivity index (χ2n) is 6.95. The van der Waals surface area contributed by atoms with E-state index in [1.54, 1.807) is 37.3 Å². The summed E-state index contributed by atoms with van der Waals surface area (Å²) in [6, 6.07) is 10.6. The number of carbonyl (C=O) groups excluding carboxylic acids is 2. The summed E-state index contributed by atoms with van der Waals surface area (Å²) in [7, 11) is -4.01. The lowest BCUT2D eigenvalue weighted by atomic mass is 10.1. The van der Waals surface area contributed by atoms with Gasteiger partial charge in [-0.15, -0.1) is 0 Å². The van der Waals surface area contributed by atoms with Gasteiger partial charge in [0.15, 0.2) is 11.6 Å². The van der Waals surface area contributed by atoms with Crippen LogP contribution in [0.4, 0.5) is 14.5 Å². The third-order valence-corrected chi connectivity index (χ3v) is 5.72. The SMILES string of the molecule is CCNC(=O)[C@H](C)N(Cc1ccccc1)C(=O)CN(c1ccc(F)c(F)c1)S(C)(=O)=O. The van der Waals surface area contributed by atoms with Crippen LogP contribution in [0, 0.1) is 11.6 Å². The molecular weight excluding hydrogens is 428 g/mol. The predicted octanol–water partition coefficient (Wildman–Crippen LogP) is 2.28. The quantitative estimate of drug-likeness (QED) is 0.631. The van der Waals surface area contributed by atoms with Crippen LogP contribution in [-0.2, 0) is 26.2 Å². The molecule has 0 aliphatic carbocycles. The Morgan fingerprint density at radius 1 is 1.06 bits per heavy atom. The van der Waals surface area contributed by atoms with E-state index < -0.39 is 46.1 Å². The molecule has 31 heavy (non-hydrogen) atoms. The summed E-state index contributed by atoms with van der Waals surface area (Å²) < 4.78 is 52.3. The fourth-order valence-electron chi connectivity index (χ4n) is 2.94. The Hall–Kier alpha value is -3.01. The normalized spacial score (nSPS) is 12.2. The van der Waals surface area contributed by atoms with Crippen molar-refractivity contribution in [1.29, 1.82) is 0 Å². The second-order valence-corrected chi connectivity index (χ2v) is 8.85. The summed E-state index contributed by atoms with van der Waals surface area (Å²) in [5, 5.41) is 2.64. The number of benzene rings is 2. The van der Waals surface area contributed by atoms with Gasteiger partial charge in [-0.1, -0.05) is 30.3 Å². The van der Waals surface area contributed by atoms with Crippen molar-refractivity contribution in [3.8, 4) is 0 Å². The number of hydrogen-bond acceptors (Lipinski definition) is 4. The second kappa shape index (κ2) is 10.3. The topological polar surface area (TPSA) is 86.8 Å². The third kappa shape index (κ3) is 6.48. The molecular formula is C21H25F2N3O4S. The van der Waals surface area contributed by atoms with Gasteiger partial charge in [0, 0.05) is 19.2 Å². The molecule has 0 saturated heterocycles. The first-order valence-corrected chi connectivity index (χ1v) is 11.4. The van der Waals surface area contributed by atoms with Crippen molar-refractivity contribution in [2.75, 3.05) is 23.7 Å². The van der Waals surface area contributed by atoms with E-state index in [0.29, 0.717) is 16.9 Å². The molecule has 7 nitrogen and oxygen atoms in total. The molecule has 0 aromatic heterocycles. The minimum Gasteiger partial charge on any atom is -0.355 e. The molecule has 0 radical (unpaired) electrons. The molecule has 168 valence electrons. The lowest BCUT2D eigenvalue weighted by Gasteiger charge is -2.31. The van der Waals surface area contributed by atoms with Crippen LogP contribution < -0.4 is 9.62 Å². The Labute approximate surface area is 180 Å². The summed E-state index contributed by atoms with van der Waals surface area (Å²) in [4.78, 5) is 26.8. The van der Waals surface area contributed by atoms with Crippen LogP contribution in [0.3, 0.4) is 0 Å². The summed E-state index contributed by atoms with van der Waals surface area (Å²) in [5.74, 6) is -3.45. The molecule has 1 atom stereocenters. The molecule has 0 saturated carbocycles.